The Bertz CT molecular complexity index is 772. The number of piperidine rings is 1. The number of nitriles is 1. The third-order valence-electron chi connectivity index (χ3n) is 4.10. The highest BCUT2D eigenvalue weighted by Crippen LogP contribution is 2.22. The first kappa shape index (κ1) is 16.6. The van der Waals surface area contributed by atoms with Gasteiger partial charge < -0.3 is 5.32 Å². The van der Waals surface area contributed by atoms with Gasteiger partial charge in [-0.15, -0.1) is 11.3 Å². The molecule has 5 nitrogen and oxygen atoms in total. The molecular formula is C18H20N4OS. The maximum absolute atomic E-state index is 12.5. The molecular weight excluding hydrogens is 320 g/mol. The van der Waals surface area contributed by atoms with E-state index in [2.05, 4.69) is 21.3 Å². The van der Waals surface area contributed by atoms with Crippen molar-refractivity contribution in [3.63, 3.8) is 0 Å². The minimum Gasteiger partial charge on any atom is -0.321 e. The molecule has 24 heavy (non-hydrogen) atoms. The highest BCUT2D eigenvalue weighted by atomic mass is 32.1. The number of nitrogens with one attached hydrogen (secondary N) is 1. The number of amides is 1. The number of nitrogens with zero attached hydrogens (tertiary/aromatic N) is 3. The molecule has 0 unspecified atom stereocenters. The second-order valence-corrected chi connectivity index (χ2v) is 7.09. The van der Waals surface area contributed by atoms with E-state index in [-0.39, 0.29) is 5.91 Å². The molecule has 1 amide bonds. The lowest BCUT2D eigenvalue weighted by molar-refractivity contribution is 0.103. The van der Waals surface area contributed by atoms with Crippen LogP contribution in [0.1, 0.15) is 45.2 Å². The van der Waals surface area contributed by atoms with Crippen molar-refractivity contribution in [1.29, 1.82) is 5.26 Å². The summed E-state index contributed by atoms with van der Waals surface area (Å²) in [5.74, 6) is -0.162. The molecule has 3 rings (SSSR count). The minimum absolute atomic E-state index is 0.162. The van der Waals surface area contributed by atoms with Crippen molar-refractivity contribution < 1.29 is 4.79 Å². The van der Waals surface area contributed by atoms with Gasteiger partial charge in [-0.05, 0) is 51.1 Å². The maximum Gasteiger partial charge on any atom is 0.267 e. The van der Waals surface area contributed by atoms with Crippen molar-refractivity contribution in [2.24, 2.45) is 0 Å². The van der Waals surface area contributed by atoms with E-state index in [9.17, 15) is 4.79 Å². The van der Waals surface area contributed by atoms with Gasteiger partial charge in [0, 0.05) is 5.69 Å². The number of carbonyl (C=O) groups is 1. The van der Waals surface area contributed by atoms with Crippen LogP contribution in [0.2, 0.25) is 0 Å². The molecule has 1 aromatic heterocycles. The molecule has 0 saturated carbocycles. The molecule has 0 bridgehead atoms. The molecule has 1 aliphatic rings. The van der Waals surface area contributed by atoms with E-state index in [4.69, 9.17) is 5.26 Å². The average Bonchev–Trinajstić information content (AvgIpc) is 2.96. The van der Waals surface area contributed by atoms with Crippen LogP contribution in [-0.2, 0) is 6.54 Å². The van der Waals surface area contributed by atoms with Gasteiger partial charge in [-0.2, -0.15) is 5.26 Å². The van der Waals surface area contributed by atoms with Crippen LogP contribution < -0.4 is 5.32 Å². The molecule has 1 saturated heterocycles. The first-order chi connectivity index (χ1) is 11.7. The van der Waals surface area contributed by atoms with Gasteiger partial charge in [-0.25, -0.2) is 4.98 Å². The predicted octanol–water partition coefficient (Wildman–Crippen LogP) is 3.56. The van der Waals surface area contributed by atoms with E-state index in [0.717, 1.165) is 30.3 Å². The first-order valence-electron chi connectivity index (χ1n) is 8.16. The number of benzene rings is 1. The summed E-state index contributed by atoms with van der Waals surface area (Å²) in [6.45, 7) is 4.92. The fourth-order valence-electron chi connectivity index (χ4n) is 2.89. The number of hydrogen-bond acceptors (Lipinski definition) is 5. The molecule has 1 fully saturated rings. The van der Waals surface area contributed by atoms with E-state index in [1.807, 2.05) is 6.92 Å². The number of aromatic nitrogens is 1. The van der Waals surface area contributed by atoms with Crippen LogP contribution in [0, 0.1) is 18.3 Å². The lowest BCUT2D eigenvalue weighted by Gasteiger charge is -2.25. The molecule has 2 heterocycles. The van der Waals surface area contributed by atoms with Gasteiger partial charge in [-0.1, -0.05) is 12.5 Å². The number of carbonyl (C=O) groups excluding carboxylic acids is 1. The number of likely N-dealkylation sites (tertiary alicyclic amines) is 1. The highest BCUT2D eigenvalue weighted by Gasteiger charge is 2.18. The minimum atomic E-state index is -0.162. The summed E-state index contributed by atoms with van der Waals surface area (Å²) in [7, 11) is 0. The fourth-order valence-corrected chi connectivity index (χ4v) is 3.90. The summed E-state index contributed by atoms with van der Waals surface area (Å²) in [5, 5.41) is 12.8. The average molecular weight is 340 g/mol. The topological polar surface area (TPSA) is 69.0 Å². The first-order valence-corrected chi connectivity index (χ1v) is 8.97. The molecule has 6 heteroatoms. The van der Waals surface area contributed by atoms with Crippen molar-refractivity contribution in [1.82, 2.24) is 9.88 Å². The number of hydrogen-bond donors (Lipinski definition) is 1. The number of anilines is 1. The van der Waals surface area contributed by atoms with E-state index < -0.39 is 0 Å². The zero-order valence-corrected chi connectivity index (χ0v) is 14.5. The van der Waals surface area contributed by atoms with Crippen molar-refractivity contribution in [2.75, 3.05) is 18.4 Å². The molecule has 0 radical (unpaired) electrons. The normalized spacial score (nSPS) is 15.0. The molecule has 2 aromatic rings. The molecule has 124 valence electrons. The Morgan fingerprint density at radius 3 is 2.92 bits per heavy atom. The summed E-state index contributed by atoms with van der Waals surface area (Å²) in [4.78, 5) is 20.1. The largest absolute Gasteiger partial charge is 0.321 e. The Labute approximate surface area is 145 Å². The summed E-state index contributed by atoms with van der Waals surface area (Å²) >= 11 is 1.46. The Kier molecular flexibility index (Phi) is 5.24. The molecule has 0 atom stereocenters. The Hall–Kier alpha value is -2.23. The quantitative estimate of drug-likeness (QED) is 0.924. The molecule has 0 spiro atoms. The summed E-state index contributed by atoms with van der Waals surface area (Å²) in [6, 6.07) is 9.00. The summed E-state index contributed by atoms with van der Waals surface area (Å²) < 4.78 is 0. The van der Waals surface area contributed by atoms with Gasteiger partial charge in [0.25, 0.3) is 5.91 Å². The van der Waals surface area contributed by atoms with Crippen LogP contribution >= 0.6 is 11.3 Å². The van der Waals surface area contributed by atoms with Crippen LogP contribution in [-0.4, -0.2) is 28.9 Å². The van der Waals surface area contributed by atoms with Crippen molar-refractivity contribution >= 4 is 22.9 Å². The number of rotatable bonds is 4. The van der Waals surface area contributed by atoms with Gasteiger partial charge in [0.2, 0.25) is 0 Å². The predicted molar refractivity (Wildman–Crippen MR) is 95.1 cm³/mol. The van der Waals surface area contributed by atoms with Crippen LogP contribution in [0.3, 0.4) is 0 Å². The zero-order chi connectivity index (χ0) is 16.9. The van der Waals surface area contributed by atoms with Gasteiger partial charge in [0.1, 0.15) is 9.88 Å². The van der Waals surface area contributed by atoms with E-state index in [1.54, 1.807) is 24.3 Å². The smallest absolute Gasteiger partial charge is 0.267 e. The summed E-state index contributed by atoms with van der Waals surface area (Å²) in [5.41, 5.74) is 1.92. The molecule has 0 aliphatic carbocycles. The lowest BCUT2D eigenvalue weighted by Crippen LogP contribution is -2.28. The lowest BCUT2D eigenvalue weighted by atomic mass is 10.1. The van der Waals surface area contributed by atoms with Crippen LogP contribution in [0.25, 0.3) is 0 Å². The van der Waals surface area contributed by atoms with Crippen LogP contribution in [0.5, 0.6) is 0 Å². The molecule has 1 aliphatic heterocycles. The standard InChI is InChI=1S/C18H20N4OS/c1-13-17(18(23)21-15-7-5-6-14(10-15)11-19)24-16(20-13)12-22-8-3-2-4-9-22/h5-7,10H,2-4,8-9,12H2,1H3,(H,21,23). The van der Waals surface area contributed by atoms with Gasteiger partial charge >= 0.3 is 0 Å². The second kappa shape index (κ2) is 7.56. The van der Waals surface area contributed by atoms with E-state index in [0.29, 0.717) is 16.1 Å². The van der Waals surface area contributed by atoms with E-state index >= 15 is 0 Å². The third-order valence-corrected chi connectivity index (χ3v) is 5.25. The number of thiazole rings is 1. The molecule has 1 aromatic carbocycles. The van der Waals surface area contributed by atoms with Gasteiger partial charge in [0.05, 0.1) is 23.9 Å². The Balaban J connectivity index is 1.69. The van der Waals surface area contributed by atoms with Crippen molar-refractivity contribution in [2.45, 2.75) is 32.7 Å². The van der Waals surface area contributed by atoms with Crippen molar-refractivity contribution in [3.8, 4) is 6.07 Å². The fraction of sp³-hybridized carbons (Fsp3) is 0.389. The zero-order valence-electron chi connectivity index (χ0n) is 13.7. The second-order valence-electron chi connectivity index (χ2n) is 6.01. The third kappa shape index (κ3) is 3.99. The number of aryl methyl sites for hydroxylation is 1. The summed E-state index contributed by atoms with van der Waals surface area (Å²) in [6.07, 6.45) is 3.79. The van der Waals surface area contributed by atoms with Crippen molar-refractivity contribution in [3.05, 3.63) is 45.4 Å². The SMILES string of the molecule is Cc1nc(CN2CCCCC2)sc1C(=O)Nc1cccc(C#N)c1. The molecule has 1 N–H and O–H groups in total. The Morgan fingerprint density at radius 1 is 1.38 bits per heavy atom. The highest BCUT2D eigenvalue weighted by molar-refractivity contribution is 7.13. The Morgan fingerprint density at radius 2 is 2.17 bits per heavy atom. The van der Waals surface area contributed by atoms with Gasteiger partial charge in [0.15, 0.2) is 0 Å². The van der Waals surface area contributed by atoms with E-state index in [1.165, 1.54) is 30.6 Å². The monoisotopic (exact) mass is 340 g/mol. The van der Waals surface area contributed by atoms with Crippen LogP contribution in [0.15, 0.2) is 24.3 Å². The van der Waals surface area contributed by atoms with Gasteiger partial charge in [-0.3, -0.25) is 9.69 Å². The van der Waals surface area contributed by atoms with Crippen LogP contribution in [0.4, 0.5) is 5.69 Å². The maximum atomic E-state index is 12.5.